The molecule has 0 bridgehead atoms. The van der Waals surface area contributed by atoms with Crippen LogP contribution in [0.5, 0.6) is 5.75 Å². The van der Waals surface area contributed by atoms with Crippen LogP contribution >= 0.6 is 11.6 Å². The van der Waals surface area contributed by atoms with Gasteiger partial charge in [-0.15, -0.1) is 0 Å². The van der Waals surface area contributed by atoms with Crippen LogP contribution in [0.3, 0.4) is 0 Å². The lowest BCUT2D eigenvalue weighted by Crippen LogP contribution is -2.51. The molecule has 0 aliphatic carbocycles. The van der Waals surface area contributed by atoms with Gasteiger partial charge in [0.25, 0.3) is 0 Å². The summed E-state index contributed by atoms with van der Waals surface area (Å²) in [4.78, 5) is 0. The maximum atomic E-state index is 13.4. The molecule has 0 saturated heterocycles. The predicted octanol–water partition coefficient (Wildman–Crippen LogP) is 8.15. The highest BCUT2D eigenvalue weighted by Gasteiger charge is 2.45. The first-order valence-corrected chi connectivity index (χ1v) is 13.6. The van der Waals surface area contributed by atoms with Gasteiger partial charge < -0.3 is 19.5 Å². The van der Waals surface area contributed by atoms with E-state index in [2.05, 4.69) is 23.5 Å². The van der Waals surface area contributed by atoms with Gasteiger partial charge in [-0.1, -0.05) is 66.2 Å². The van der Waals surface area contributed by atoms with Crippen LogP contribution in [0.1, 0.15) is 42.2 Å². The molecule has 4 aromatic rings. The molecule has 202 valence electrons. The molecule has 0 spiro atoms. The Morgan fingerprint density at radius 3 is 2.38 bits per heavy atom. The smallest absolute Gasteiger partial charge is 0.132 e. The van der Waals surface area contributed by atoms with Crippen LogP contribution in [0, 0.1) is 5.82 Å². The number of ether oxygens (including phenoxy) is 3. The molecule has 1 aliphatic rings. The Balaban J connectivity index is 1.39. The molecule has 2 atom stereocenters. The van der Waals surface area contributed by atoms with E-state index in [0.29, 0.717) is 24.8 Å². The Morgan fingerprint density at radius 1 is 0.846 bits per heavy atom. The third-order valence-corrected chi connectivity index (χ3v) is 7.14. The molecule has 5 rings (SSSR count). The first kappa shape index (κ1) is 27.2. The van der Waals surface area contributed by atoms with Crippen molar-refractivity contribution in [2.24, 2.45) is 0 Å². The summed E-state index contributed by atoms with van der Waals surface area (Å²) >= 11 is 6.16. The molecule has 0 amide bonds. The molecule has 1 heterocycles. The van der Waals surface area contributed by atoms with Gasteiger partial charge in [-0.3, -0.25) is 0 Å². The van der Waals surface area contributed by atoms with E-state index in [9.17, 15) is 4.39 Å². The maximum absolute atomic E-state index is 13.4. The minimum absolute atomic E-state index is 0.270. The molecule has 0 aromatic heterocycles. The van der Waals surface area contributed by atoms with E-state index in [1.807, 2.05) is 68.4 Å². The fourth-order valence-electron chi connectivity index (χ4n) is 4.87. The number of hydrogen-bond acceptors (Lipinski definition) is 4. The van der Waals surface area contributed by atoms with Crippen molar-refractivity contribution < 1.29 is 18.6 Å². The van der Waals surface area contributed by atoms with Gasteiger partial charge >= 0.3 is 0 Å². The number of anilines is 1. The van der Waals surface area contributed by atoms with Crippen LogP contribution in [0.15, 0.2) is 97.1 Å². The van der Waals surface area contributed by atoms with E-state index in [4.69, 9.17) is 25.8 Å². The van der Waals surface area contributed by atoms with Gasteiger partial charge in [-0.05, 0) is 79.4 Å². The summed E-state index contributed by atoms with van der Waals surface area (Å²) in [6, 6.07) is 30.5. The van der Waals surface area contributed by atoms with Crippen molar-refractivity contribution in [1.82, 2.24) is 0 Å². The molecule has 39 heavy (non-hydrogen) atoms. The third-order valence-electron chi connectivity index (χ3n) is 6.91. The van der Waals surface area contributed by atoms with E-state index < -0.39 is 11.7 Å². The number of nitrogens with one attached hydrogen (secondary N) is 1. The third kappa shape index (κ3) is 6.99. The predicted molar refractivity (Wildman–Crippen MR) is 154 cm³/mol. The van der Waals surface area contributed by atoms with E-state index in [1.54, 1.807) is 12.1 Å². The van der Waals surface area contributed by atoms with Crippen LogP contribution < -0.4 is 10.1 Å². The second-order valence-corrected chi connectivity index (χ2v) is 10.8. The molecule has 0 saturated carbocycles. The number of hydrogen-bond donors (Lipinski definition) is 1. The van der Waals surface area contributed by atoms with Crippen molar-refractivity contribution >= 4 is 17.3 Å². The van der Waals surface area contributed by atoms with Crippen LogP contribution in [0.4, 0.5) is 10.1 Å². The van der Waals surface area contributed by atoms with Gasteiger partial charge in [0.15, 0.2) is 0 Å². The Hall–Kier alpha value is -3.38. The summed E-state index contributed by atoms with van der Waals surface area (Å²) in [5.41, 5.74) is 4.42. The zero-order valence-corrected chi connectivity index (χ0v) is 23.0. The summed E-state index contributed by atoms with van der Waals surface area (Å²) in [5.74, 6) is 0.508. The van der Waals surface area contributed by atoms with E-state index in [-0.39, 0.29) is 11.9 Å². The normalized spacial score (nSPS) is 17.7. The van der Waals surface area contributed by atoms with Crippen LogP contribution in [0.25, 0.3) is 0 Å². The summed E-state index contributed by atoms with van der Waals surface area (Å²) in [6.07, 6.45) is 0.0283. The quantitative estimate of drug-likeness (QED) is 0.218. The molecular weight excluding hydrogens is 513 g/mol. The topological polar surface area (TPSA) is 39.7 Å². The monoisotopic (exact) mass is 545 g/mol. The molecule has 0 fully saturated rings. The fourth-order valence-corrected chi connectivity index (χ4v) is 5.09. The number of rotatable bonds is 10. The Morgan fingerprint density at radius 2 is 1.62 bits per heavy atom. The van der Waals surface area contributed by atoms with Gasteiger partial charge in [0.2, 0.25) is 0 Å². The van der Waals surface area contributed by atoms with Crippen molar-refractivity contribution in [3.05, 3.63) is 130 Å². The molecule has 4 nitrogen and oxygen atoms in total. The van der Waals surface area contributed by atoms with Crippen LogP contribution in [0.2, 0.25) is 5.02 Å². The Kier molecular flexibility index (Phi) is 8.51. The lowest BCUT2D eigenvalue weighted by molar-refractivity contribution is -0.167. The van der Waals surface area contributed by atoms with E-state index in [0.717, 1.165) is 34.5 Å². The van der Waals surface area contributed by atoms with Crippen molar-refractivity contribution in [1.29, 1.82) is 0 Å². The van der Waals surface area contributed by atoms with Crippen LogP contribution in [-0.4, -0.2) is 18.3 Å². The van der Waals surface area contributed by atoms with Gasteiger partial charge in [-0.2, -0.15) is 0 Å². The van der Waals surface area contributed by atoms with Crippen molar-refractivity contribution in [3.8, 4) is 5.75 Å². The second kappa shape index (κ2) is 12.2. The van der Waals surface area contributed by atoms with E-state index in [1.165, 1.54) is 17.7 Å². The minimum atomic E-state index is -0.653. The second-order valence-electron chi connectivity index (χ2n) is 10.3. The molecule has 2 unspecified atom stereocenters. The van der Waals surface area contributed by atoms with Crippen molar-refractivity contribution in [2.45, 2.75) is 51.2 Å². The summed E-state index contributed by atoms with van der Waals surface area (Å²) in [7, 11) is 0. The molecule has 1 N–H and O–H groups in total. The molecular formula is C33H33ClFNO3. The highest BCUT2D eigenvalue weighted by Crippen LogP contribution is 2.44. The highest BCUT2D eigenvalue weighted by molar-refractivity contribution is 6.30. The average Bonchev–Trinajstić information content (AvgIpc) is 2.93. The zero-order valence-electron chi connectivity index (χ0n) is 22.2. The standard InChI is InChI=1S/C33H33ClFNO3/c1-33(2)32(38-22-24-11-13-27(35)14-12-24)31(37-18-17-23-7-4-3-5-8-23)29-20-28(15-16-30(29)39-33)36-21-25-9-6-10-26(34)19-25/h3-16,19-20,31-32,36H,17-18,21-22H2,1-2H3. The maximum Gasteiger partial charge on any atom is 0.132 e. The largest absolute Gasteiger partial charge is 0.485 e. The van der Waals surface area contributed by atoms with Crippen LogP contribution in [-0.2, 0) is 29.0 Å². The summed E-state index contributed by atoms with van der Waals surface area (Å²) in [6.45, 7) is 5.52. The Bertz CT molecular complexity index is 1380. The fraction of sp³-hybridized carbons (Fsp3) is 0.273. The Labute approximate surface area is 234 Å². The van der Waals surface area contributed by atoms with Crippen molar-refractivity contribution in [3.63, 3.8) is 0 Å². The number of fused-ring (bicyclic) bond motifs is 1. The average molecular weight is 546 g/mol. The van der Waals surface area contributed by atoms with Crippen molar-refractivity contribution in [2.75, 3.05) is 11.9 Å². The summed E-state index contributed by atoms with van der Waals surface area (Å²) < 4.78 is 33.0. The zero-order chi connectivity index (χ0) is 27.2. The number of benzene rings is 4. The lowest BCUT2D eigenvalue weighted by Gasteiger charge is -2.44. The van der Waals surface area contributed by atoms with Gasteiger partial charge in [0.1, 0.15) is 29.4 Å². The first-order valence-electron chi connectivity index (χ1n) is 13.2. The first-order chi connectivity index (χ1) is 18.9. The van der Waals surface area contributed by atoms with Gasteiger partial charge in [0.05, 0.1) is 13.2 Å². The molecule has 4 aromatic carbocycles. The molecule has 1 aliphatic heterocycles. The SMILES string of the molecule is CC1(C)Oc2ccc(NCc3cccc(Cl)c3)cc2C(OCCc2ccccc2)C1OCc1ccc(F)cc1. The number of halogens is 2. The molecule has 6 heteroatoms. The van der Waals surface area contributed by atoms with Gasteiger partial charge in [0, 0.05) is 22.8 Å². The van der Waals surface area contributed by atoms with E-state index >= 15 is 0 Å². The lowest BCUT2D eigenvalue weighted by atomic mass is 9.87. The highest BCUT2D eigenvalue weighted by atomic mass is 35.5. The molecule has 0 radical (unpaired) electrons. The minimum Gasteiger partial charge on any atom is -0.485 e. The summed E-state index contributed by atoms with van der Waals surface area (Å²) in [5, 5.41) is 4.20. The van der Waals surface area contributed by atoms with Gasteiger partial charge in [-0.25, -0.2) is 4.39 Å².